The number of benzene rings is 2. The number of H-pyrrole nitrogens is 1. The Balaban J connectivity index is 1.80. The molecule has 3 N–H and O–H groups in total. The lowest BCUT2D eigenvalue weighted by molar-refractivity contribution is 0.0912. The van der Waals surface area contributed by atoms with E-state index in [2.05, 4.69) is 10.3 Å². The average Bonchev–Trinajstić information content (AvgIpc) is 3.04. The quantitative estimate of drug-likeness (QED) is 0.652. The monoisotopic (exact) mass is 324 g/mol. The largest absolute Gasteiger partial charge is 0.494 e. The molecule has 124 valence electrons. The van der Waals surface area contributed by atoms with Gasteiger partial charge in [0.05, 0.1) is 19.3 Å². The van der Waals surface area contributed by atoms with Gasteiger partial charge < -0.3 is 20.1 Å². The summed E-state index contributed by atoms with van der Waals surface area (Å²) in [5.41, 5.74) is 2.16. The summed E-state index contributed by atoms with van der Waals surface area (Å²) in [5, 5.41) is 13.4. The molecule has 0 saturated heterocycles. The van der Waals surface area contributed by atoms with Crippen molar-refractivity contribution < 1.29 is 14.6 Å². The summed E-state index contributed by atoms with van der Waals surface area (Å²) in [4.78, 5) is 15.6. The lowest BCUT2D eigenvalue weighted by Crippen LogP contribution is -2.30. The van der Waals surface area contributed by atoms with Gasteiger partial charge >= 0.3 is 0 Å². The molecule has 1 unspecified atom stereocenters. The number of hydrogen-bond donors (Lipinski definition) is 3. The molecular formula is C19H20N2O3. The van der Waals surface area contributed by atoms with Gasteiger partial charge in [0, 0.05) is 17.0 Å². The fraction of sp³-hybridized carbons (Fsp3) is 0.211. The normalized spacial score (nSPS) is 12.1. The number of aromatic nitrogens is 1. The van der Waals surface area contributed by atoms with Crippen molar-refractivity contribution in [3.8, 4) is 5.75 Å². The molecule has 0 aliphatic heterocycles. The van der Waals surface area contributed by atoms with Crippen LogP contribution in [-0.4, -0.2) is 29.2 Å². The molecule has 24 heavy (non-hydrogen) atoms. The molecule has 0 saturated carbocycles. The van der Waals surface area contributed by atoms with E-state index >= 15 is 0 Å². The molecule has 0 radical (unpaired) electrons. The fourth-order valence-electron chi connectivity index (χ4n) is 2.64. The van der Waals surface area contributed by atoms with Crippen LogP contribution in [0, 0.1) is 0 Å². The van der Waals surface area contributed by atoms with Gasteiger partial charge in [-0.3, -0.25) is 4.79 Å². The molecule has 0 aliphatic rings. The summed E-state index contributed by atoms with van der Waals surface area (Å²) in [5.74, 6) is 0.503. The van der Waals surface area contributed by atoms with Gasteiger partial charge in [0.1, 0.15) is 11.4 Å². The van der Waals surface area contributed by atoms with Crippen molar-refractivity contribution in [1.29, 1.82) is 0 Å². The van der Waals surface area contributed by atoms with Gasteiger partial charge in [0.2, 0.25) is 0 Å². The third kappa shape index (κ3) is 3.41. The van der Waals surface area contributed by atoms with Gasteiger partial charge in [0.15, 0.2) is 0 Å². The van der Waals surface area contributed by atoms with Gasteiger partial charge in [-0.2, -0.15) is 0 Å². The van der Waals surface area contributed by atoms with E-state index in [1.54, 1.807) is 6.07 Å². The van der Waals surface area contributed by atoms with E-state index < -0.39 is 6.04 Å². The summed E-state index contributed by atoms with van der Waals surface area (Å²) in [6, 6.07) is 16.4. The smallest absolute Gasteiger partial charge is 0.268 e. The minimum Gasteiger partial charge on any atom is -0.494 e. The maximum atomic E-state index is 12.5. The molecule has 0 fully saturated rings. The maximum Gasteiger partial charge on any atom is 0.268 e. The lowest BCUT2D eigenvalue weighted by Gasteiger charge is -2.16. The molecule has 1 atom stereocenters. The van der Waals surface area contributed by atoms with E-state index in [1.807, 2.05) is 55.5 Å². The van der Waals surface area contributed by atoms with Gasteiger partial charge in [-0.15, -0.1) is 0 Å². The molecule has 1 aromatic heterocycles. The van der Waals surface area contributed by atoms with Crippen LogP contribution in [-0.2, 0) is 0 Å². The van der Waals surface area contributed by atoms with Crippen LogP contribution >= 0.6 is 0 Å². The first-order valence-corrected chi connectivity index (χ1v) is 7.93. The molecule has 3 rings (SSSR count). The number of ether oxygens (including phenoxy) is 1. The highest BCUT2D eigenvalue weighted by Gasteiger charge is 2.16. The van der Waals surface area contributed by atoms with Crippen molar-refractivity contribution in [3.05, 3.63) is 65.9 Å². The Morgan fingerprint density at radius 1 is 1.21 bits per heavy atom. The number of carbonyl (C=O) groups is 1. The van der Waals surface area contributed by atoms with Gasteiger partial charge in [0.25, 0.3) is 5.91 Å². The predicted molar refractivity (Wildman–Crippen MR) is 93.2 cm³/mol. The Bertz CT molecular complexity index is 827. The maximum absolute atomic E-state index is 12.5. The first-order valence-electron chi connectivity index (χ1n) is 7.93. The lowest BCUT2D eigenvalue weighted by atomic mass is 10.1. The van der Waals surface area contributed by atoms with Crippen LogP contribution in [0.25, 0.3) is 10.9 Å². The molecule has 5 heteroatoms. The minimum atomic E-state index is -0.441. The van der Waals surface area contributed by atoms with E-state index in [-0.39, 0.29) is 12.5 Å². The highest BCUT2D eigenvalue weighted by atomic mass is 16.5. The van der Waals surface area contributed by atoms with Gasteiger partial charge in [-0.05, 0) is 30.7 Å². The summed E-state index contributed by atoms with van der Waals surface area (Å²) < 4.78 is 5.47. The fourth-order valence-corrected chi connectivity index (χ4v) is 2.64. The molecule has 0 aliphatic carbocycles. The van der Waals surface area contributed by atoms with Crippen LogP contribution in [0.4, 0.5) is 0 Å². The van der Waals surface area contributed by atoms with Crippen LogP contribution in [0.3, 0.4) is 0 Å². The van der Waals surface area contributed by atoms with E-state index in [0.717, 1.165) is 22.2 Å². The molecule has 5 nitrogen and oxygen atoms in total. The summed E-state index contributed by atoms with van der Waals surface area (Å²) >= 11 is 0. The van der Waals surface area contributed by atoms with Crippen molar-refractivity contribution >= 4 is 16.8 Å². The van der Waals surface area contributed by atoms with Crippen molar-refractivity contribution in [2.75, 3.05) is 13.2 Å². The van der Waals surface area contributed by atoms with Crippen LogP contribution < -0.4 is 10.1 Å². The number of carbonyl (C=O) groups excluding carboxylic acids is 1. The number of aliphatic hydroxyl groups excluding tert-OH is 1. The Morgan fingerprint density at radius 2 is 2.00 bits per heavy atom. The zero-order valence-corrected chi connectivity index (χ0v) is 13.5. The zero-order chi connectivity index (χ0) is 16.9. The van der Waals surface area contributed by atoms with Crippen LogP contribution in [0.1, 0.15) is 29.0 Å². The first kappa shape index (κ1) is 16.1. The highest BCUT2D eigenvalue weighted by molar-refractivity contribution is 5.98. The van der Waals surface area contributed by atoms with Crippen molar-refractivity contribution in [3.63, 3.8) is 0 Å². The third-order valence-corrected chi connectivity index (χ3v) is 3.84. The van der Waals surface area contributed by atoms with E-state index in [0.29, 0.717) is 12.3 Å². The second kappa shape index (κ2) is 7.19. The molecular weight excluding hydrogens is 304 g/mol. The topological polar surface area (TPSA) is 74.3 Å². The number of amides is 1. The molecule has 1 heterocycles. The van der Waals surface area contributed by atoms with Crippen molar-refractivity contribution in [2.24, 2.45) is 0 Å². The molecule has 0 bridgehead atoms. The number of aliphatic hydroxyl groups is 1. The third-order valence-electron chi connectivity index (χ3n) is 3.84. The molecule has 1 amide bonds. The van der Waals surface area contributed by atoms with Gasteiger partial charge in [-0.25, -0.2) is 0 Å². The van der Waals surface area contributed by atoms with E-state index in [1.165, 1.54) is 0 Å². The Kier molecular flexibility index (Phi) is 4.82. The number of aromatic amines is 1. The number of rotatable bonds is 6. The molecule has 0 spiro atoms. The Hall–Kier alpha value is -2.79. The van der Waals surface area contributed by atoms with E-state index in [4.69, 9.17) is 4.74 Å². The van der Waals surface area contributed by atoms with E-state index in [9.17, 15) is 9.90 Å². The highest BCUT2D eigenvalue weighted by Crippen LogP contribution is 2.22. The zero-order valence-electron chi connectivity index (χ0n) is 13.5. The Labute approximate surface area is 140 Å². The van der Waals surface area contributed by atoms with Crippen LogP contribution in [0.5, 0.6) is 5.75 Å². The first-order chi connectivity index (χ1) is 11.7. The standard InChI is InChI=1S/C19H20N2O3/c1-2-24-15-9-8-14-10-17(20-16(14)11-15)19(23)21-18(12-22)13-6-4-3-5-7-13/h3-11,18,20,22H,2,12H2,1H3,(H,21,23). The van der Waals surface area contributed by atoms with Crippen LogP contribution in [0.15, 0.2) is 54.6 Å². The van der Waals surface area contributed by atoms with Gasteiger partial charge in [-0.1, -0.05) is 30.3 Å². The number of fused-ring (bicyclic) bond motifs is 1. The second-order valence-corrected chi connectivity index (χ2v) is 5.48. The Morgan fingerprint density at radius 3 is 2.71 bits per heavy atom. The predicted octanol–water partition coefficient (Wildman–Crippen LogP) is 3.03. The second-order valence-electron chi connectivity index (χ2n) is 5.48. The number of nitrogens with one attached hydrogen (secondary N) is 2. The summed E-state index contributed by atoms with van der Waals surface area (Å²) in [6.45, 7) is 2.36. The average molecular weight is 324 g/mol. The van der Waals surface area contributed by atoms with Crippen molar-refractivity contribution in [1.82, 2.24) is 10.3 Å². The van der Waals surface area contributed by atoms with Crippen LogP contribution in [0.2, 0.25) is 0 Å². The molecule has 3 aromatic rings. The minimum absolute atomic E-state index is 0.162. The number of hydrogen-bond acceptors (Lipinski definition) is 3. The summed E-state index contributed by atoms with van der Waals surface area (Å²) in [7, 11) is 0. The van der Waals surface area contributed by atoms with Crippen molar-refractivity contribution in [2.45, 2.75) is 13.0 Å². The molecule has 2 aromatic carbocycles. The SMILES string of the molecule is CCOc1ccc2cc(C(=O)NC(CO)c3ccccc3)[nH]c2c1. The summed E-state index contributed by atoms with van der Waals surface area (Å²) in [6.07, 6.45) is 0.